The topological polar surface area (TPSA) is 80.3 Å². The van der Waals surface area contributed by atoms with Crippen molar-refractivity contribution in [3.8, 4) is 0 Å². The van der Waals surface area contributed by atoms with Gasteiger partial charge >= 0.3 is 0 Å². The van der Waals surface area contributed by atoms with Gasteiger partial charge in [0.25, 0.3) is 0 Å². The van der Waals surface area contributed by atoms with Gasteiger partial charge in [-0.15, -0.1) is 0 Å². The molecule has 2 aromatic carbocycles. The molecule has 0 saturated carbocycles. The molecule has 1 N–H and O–H groups in total. The van der Waals surface area contributed by atoms with Crippen molar-refractivity contribution >= 4 is 38.0 Å². The van der Waals surface area contributed by atoms with Crippen molar-refractivity contribution < 1.29 is 18.0 Å². The number of fused-ring (bicyclic) bond motifs is 1. The zero-order valence-corrected chi connectivity index (χ0v) is 14.4. The molecule has 5 nitrogen and oxygen atoms in total. The van der Waals surface area contributed by atoms with Crippen molar-refractivity contribution in [2.75, 3.05) is 16.8 Å². The second kappa shape index (κ2) is 8.06. The number of Topliss-reactive ketones (excluding diaryl/α,β-unsaturated/α-hetero) is 1. The van der Waals surface area contributed by atoms with Gasteiger partial charge < -0.3 is 5.32 Å². The molecular formula is C18H21NO4S. The summed E-state index contributed by atoms with van der Waals surface area (Å²) in [5.74, 6) is -0.584. The molecule has 0 aromatic heterocycles. The van der Waals surface area contributed by atoms with Crippen molar-refractivity contribution in [1.29, 1.82) is 0 Å². The lowest BCUT2D eigenvalue weighted by molar-refractivity contribution is -0.117. The molecule has 0 aliphatic carbocycles. The molecule has 0 saturated heterocycles. The number of benzene rings is 2. The summed E-state index contributed by atoms with van der Waals surface area (Å²) in [6.07, 6.45) is 0.414. The highest BCUT2D eigenvalue weighted by molar-refractivity contribution is 7.91. The highest BCUT2D eigenvalue weighted by Crippen LogP contribution is 2.19. The fourth-order valence-corrected chi connectivity index (χ4v) is 3.73. The number of nitrogens with one attached hydrogen (secondary N) is 1. The second-order valence-corrected chi connectivity index (χ2v) is 8.12. The lowest BCUT2D eigenvalue weighted by Crippen LogP contribution is -2.16. The van der Waals surface area contributed by atoms with Gasteiger partial charge in [0, 0.05) is 18.5 Å². The summed E-state index contributed by atoms with van der Waals surface area (Å²) in [6, 6.07) is 13.5. The number of amides is 1. The second-order valence-electron chi connectivity index (χ2n) is 5.82. The summed E-state index contributed by atoms with van der Waals surface area (Å²) >= 11 is 0. The van der Waals surface area contributed by atoms with E-state index >= 15 is 0 Å². The third-order valence-electron chi connectivity index (χ3n) is 3.66. The van der Waals surface area contributed by atoms with Crippen LogP contribution >= 0.6 is 0 Å². The fraction of sp³-hybridized carbons (Fsp3) is 0.333. The molecule has 0 unspecified atom stereocenters. The number of carbonyl (C=O) groups is 2. The Morgan fingerprint density at radius 1 is 0.958 bits per heavy atom. The smallest absolute Gasteiger partial charge is 0.224 e. The van der Waals surface area contributed by atoms with Crippen LogP contribution in [0.1, 0.15) is 26.2 Å². The third kappa shape index (κ3) is 5.77. The summed E-state index contributed by atoms with van der Waals surface area (Å²) < 4.78 is 23.5. The molecule has 2 aromatic rings. The van der Waals surface area contributed by atoms with E-state index in [2.05, 4.69) is 5.32 Å². The Morgan fingerprint density at radius 3 is 2.38 bits per heavy atom. The lowest BCUT2D eigenvalue weighted by atomic mass is 10.1. The first kappa shape index (κ1) is 18.1. The molecule has 0 radical (unpaired) electrons. The van der Waals surface area contributed by atoms with Crippen LogP contribution < -0.4 is 5.32 Å². The number of hydrogen-bond donors (Lipinski definition) is 1. The van der Waals surface area contributed by atoms with Crippen LogP contribution in [0, 0.1) is 0 Å². The number of hydrogen-bond acceptors (Lipinski definition) is 4. The van der Waals surface area contributed by atoms with Crippen LogP contribution in [0.5, 0.6) is 0 Å². The van der Waals surface area contributed by atoms with E-state index < -0.39 is 9.84 Å². The Balaban J connectivity index is 1.83. The van der Waals surface area contributed by atoms with Crippen LogP contribution in [-0.4, -0.2) is 31.6 Å². The Morgan fingerprint density at radius 2 is 1.67 bits per heavy atom. The predicted octanol–water partition coefficient (Wildman–Crippen LogP) is 2.95. The number of sulfone groups is 1. The van der Waals surface area contributed by atoms with Gasteiger partial charge in [-0.1, -0.05) is 30.3 Å². The van der Waals surface area contributed by atoms with E-state index in [1.807, 2.05) is 42.5 Å². The number of rotatable bonds is 8. The summed E-state index contributed by atoms with van der Waals surface area (Å²) in [7, 11) is -3.27. The molecule has 0 atom stereocenters. The van der Waals surface area contributed by atoms with Crippen LogP contribution in [-0.2, 0) is 19.4 Å². The number of ketones is 1. The van der Waals surface area contributed by atoms with Crippen molar-refractivity contribution in [2.45, 2.75) is 26.2 Å². The maximum absolute atomic E-state index is 11.9. The van der Waals surface area contributed by atoms with Crippen molar-refractivity contribution in [3.63, 3.8) is 0 Å². The van der Waals surface area contributed by atoms with Crippen LogP contribution in [0.3, 0.4) is 0 Å². The van der Waals surface area contributed by atoms with Gasteiger partial charge in [-0.05, 0) is 36.2 Å². The normalized spacial score (nSPS) is 11.4. The average molecular weight is 347 g/mol. The molecule has 128 valence electrons. The standard InChI is InChI=1S/C18H21NO4S/c1-14(20)10-12-24(22,23)11-4-7-18(21)19-17-9-8-15-5-2-3-6-16(15)13-17/h2-3,5-6,8-9,13H,4,7,10-12H2,1H3,(H,19,21). The van der Waals surface area contributed by atoms with E-state index in [1.54, 1.807) is 0 Å². The van der Waals surface area contributed by atoms with Crippen LogP contribution in [0.4, 0.5) is 5.69 Å². The van der Waals surface area contributed by atoms with E-state index in [9.17, 15) is 18.0 Å². The molecule has 6 heteroatoms. The fourth-order valence-electron chi connectivity index (χ4n) is 2.34. The van der Waals surface area contributed by atoms with Gasteiger partial charge in [-0.2, -0.15) is 0 Å². The first-order valence-electron chi connectivity index (χ1n) is 7.84. The van der Waals surface area contributed by atoms with E-state index in [1.165, 1.54) is 6.92 Å². The average Bonchev–Trinajstić information content (AvgIpc) is 2.53. The molecule has 1 amide bonds. The summed E-state index contributed by atoms with van der Waals surface area (Å²) in [5, 5.41) is 4.90. The van der Waals surface area contributed by atoms with Crippen molar-refractivity contribution in [1.82, 2.24) is 0 Å². The van der Waals surface area contributed by atoms with E-state index in [0.717, 1.165) is 10.8 Å². The third-order valence-corrected chi connectivity index (χ3v) is 5.39. The minimum Gasteiger partial charge on any atom is -0.326 e. The minimum atomic E-state index is -3.27. The molecule has 0 bridgehead atoms. The molecule has 2 rings (SSSR count). The zero-order valence-electron chi connectivity index (χ0n) is 13.6. The molecule has 0 aliphatic rings. The Hall–Kier alpha value is -2.21. The van der Waals surface area contributed by atoms with Crippen LogP contribution in [0.25, 0.3) is 10.8 Å². The minimum absolute atomic E-state index is 0.0334. The molecule has 0 heterocycles. The maximum Gasteiger partial charge on any atom is 0.224 e. The van der Waals surface area contributed by atoms with Crippen LogP contribution in [0.2, 0.25) is 0 Å². The molecule has 0 fully saturated rings. The SMILES string of the molecule is CC(=O)CCS(=O)(=O)CCCC(=O)Nc1ccc2ccccc2c1. The summed E-state index contributed by atoms with van der Waals surface area (Å²) in [5.41, 5.74) is 0.693. The van der Waals surface area contributed by atoms with Gasteiger partial charge in [-0.3, -0.25) is 9.59 Å². The lowest BCUT2D eigenvalue weighted by Gasteiger charge is -2.07. The first-order chi connectivity index (χ1) is 11.4. The summed E-state index contributed by atoms with van der Waals surface area (Å²) in [4.78, 5) is 22.8. The van der Waals surface area contributed by atoms with Gasteiger partial charge in [0.15, 0.2) is 9.84 Å². The quantitative estimate of drug-likeness (QED) is 0.796. The largest absolute Gasteiger partial charge is 0.326 e. The monoisotopic (exact) mass is 347 g/mol. The number of carbonyl (C=O) groups excluding carboxylic acids is 2. The Kier molecular flexibility index (Phi) is 6.09. The highest BCUT2D eigenvalue weighted by Gasteiger charge is 2.13. The molecule has 0 aliphatic heterocycles. The van der Waals surface area contributed by atoms with Gasteiger partial charge in [-0.25, -0.2) is 8.42 Å². The molecule has 24 heavy (non-hydrogen) atoms. The van der Waals surface area contributed by atoms with E-state index in [4.69, 9.17) is 0 Å². The van der Waals surface area contributed by atoms with Crippen molar-refractivity contribution in [3.05, 3.63) is 42.5 Å². The molecular weight excluding hydrogens is 326 g/mol. The first-order valence-corrected chi connectivity index (χ1v) is 9.66. The van der Waals surface area contributed by atoms with Gasteiger partial charge in [0.1, 0.15) is 5.78 Å². The maximum atomic E-state index is 11.9. The van der Waals surface area contributed by atoms with E-state index in [-0.39, 0.29) is 42.5 Å². The number of anilines is 1. The summed E-state index contributed by atoms with van der Waals surface area (Å²) in [6.45, 7) is 1.37. The zero-order chi connectivity index (χ0) is 17.6. The highest BCUT2D eigenvalue weighted by atomic mass is 32.2. The molecule has 0 spiro atoms. The Labute approximate surface area is 142 Å². The van der Waals surface area contributed by atoms with Crippen LogP contribution in [0.15, 0.2) is 42.5 Å². The van der Waals surface area contributed by atoms with Gasteiger partial charge in [0.2, 0.25) is 5.91 Å². The predicted molar refractivity (Wildman–Crippen MR) is 95.8 cm³/mol. The Bertz CT molecular complexity index is 843. The van der Waals surface area contributed by atoms with E-state index in [0.29, 0.717) is 5.69 Å². The van der Waals surface area contributed by atoms with Gasteiger partial charge in [0.05, 0.1) is 11.5 Å². The van der Waals surface area contributed by atoms with Crippen molar-refractivity contribution in [2.24, 2.45) is 0 Å².